The van der Waals surface area contributed by atoms with Crippen molar-refractivity contribution in [2.75, 3.05) is 26.3 Å². The maximum atomic E-state index is 12.6. The molecule has 130 valence electrons. The highest BCUT2D eigenvalue weighted by atomic mass is 16.5. The number of nitrogens with one attached hydrogen (secondary N) is 1. The molecule has 2 saturated heterocycles. The Morgan fingerprint density at radius 1 is 1.38 bits per heavy atom. The molecular formula is C17H23N3O4. The van der Waals surface area contributed by atoms with Gasteiger partial charge in [-0.05, 0) is 31.2 Å². The Morgan fingerprint density at radius 3 is 3.00 bits per heavy atom. The van der Waals surface area contributed by atoms with Gasteiger partial charge in [0.1, 0.15) is 5.41 Å². The predicted octanol–water partition coefficient (Wildman–Crippen LogP) is 0.781. The minimum absolute atomic E-state index is 0.0255. The lowest BCUT2D eigenvalue weighted by molar-refractivity contribution is -0.149. The van der Waals surface area contributed by atoms with E-state index in [1.54, 1.807) is 4.90 Å². The van der Waals surface area contributed by atoms with Gasteiger partial charge >= 0.3 is 5.97 Å². The van der Waals surface area contributed by atoms with Gasteiger partial charge < -0.3 is 14.7 Å². The fourth-order valence-corrected chi connectivity index (χ4v) is 4.37. The fraction of sp³-hybridized carbons (Fsp3) is 0.706. The second-order valence-electron chi connectivity index (χ2n) is 7.28. The van der Waals surface area contributed by atoms with Gasteiger partial charge in [0, 0.05) is 37.5 Å². The number of aliphatic carboxylic acids is 1. The number of hydrogen-bond acceptors (Lipinski definition) is 4. The van der Waals surface area contributed by atoms with E-state index in [4.69, 9.17) is 4.74 Å². The van der Waals surface area contributed by atoms with Crippen molar-refractivity contribution in [3.63, 3.8) is 0 Å². The van der Waals surface area contributed by atoms with Gasteiger partial charge in [0.25, 0.3) is 0 Å². The van der Waals surface area contributed by atoms with Crippen LogP contribution in [0, 0.1) is 11.3 Å². The van der Waals surface area contributed by atoms with E-state index in [-0.39, 0.29) is 25.0 Å². The standard InChI is InChI=1S/C17H23N3O4/c21-15(6-5-14-12-3-1-2-4-13(12)18-19-14)20-7-11-8-24-10-17(11,9-20)16(22)23/h11H,1-10H2,(H,18,19)(H,22,23)/t11?,17-/m1/s1. The van der Waals surface area contributed by atoms with Crippen LogP contribution in [-0.2, 0) is 33.6 Å². The Kier molecular flexibility index (Phi) is 3.83. The number of carbonyl (C=O) groups excluding carboxylic acids is 1. The van der Waals surface area contributed by atoms with Gasteiger partial charge in [-0.25, -0.2) is 0 Å². The second-order valence-corrected chi connectivity index (χ2v) is 7.28. The van der Waals surface area contributed by atoms with E-state index in [1.807, 2.05) is 0 Å². The highest BCUT2D eigenvalue weighted by molar-refractivity contribution is 5.81. The normalized spacial score (nSPS) is 28.7. The molecule has 0 radical (unpaired) electrons. The molecule has 3 heterocycles. The molecule has 0 bridgehead atoms. The first-order valence-electron chi connectivity index (χ1n) is 8.74. The van der Waals surface area contributed by atoms with Crippen molar-refractivity contribution in [3.8, 4) is 0 Å². The van der Waals surface area contributed by atoms with Gasteiger partial charge in [-0.15, -0.1) is 0 Å². The van der Waals surface area contributed by atoms with Gasteiger partial charge in [-0.3, -0.25) is 14.7 Å². The van der Waals surface area contributed by atoms with Crippen LogP contribution in [0.2, 0.25) is 0 Å². The molecule has 1 amide bonds. The lowest BCUT2D eigenvalue weighted by atomic mass is 9.81. The topological polar surface area (TPSA) is 95.5 Å². The summed E-state index contributed by atoms with van der Waals surface area (Å²) in [6, 6.07) is 0. The summed E-state index contributed by atoms with van der Waals surface area (Å²) in [4.78, 5) is 25.9. The van der Waals surface area contributed by atoms with Crippen molar-refractivity contribution in [2.24, 2.45) is 11.3 Å². The molecule has 0 spiro atoms. The van der Waals surface area contributed by atoms with Gasteiger partial charge in [0.2, 0.25) is 5.91 Å². The third-order valence-corrected chi connectivity index (χ3v) is 5.87. The van der Waals surface area contributed by atoms with Crippen LogP contribution in [0.4, 0.5) is 0 Å². The van der Waals surface area contributed by atoms with Crippen molar-refractivity contribution in [1.29, 1.82) is 0 Å². The number of aryl methyl sites for hydroxylation is 2. The summed E-state index contributed by atoms with van der Waals surface area (Å²) in [5.74, 6) is -0.906. The Bertz CT molecular complexity index is 671. The SMILES string of the molecule is O=C(CCc1n[nH]c2c1CCCC2)N1CC2COC[C@]2(C(=O)O)C1. The van der Waals surface area contributed by atoms with E-state index in [2.05, 4.69) is 10.2 Å². The molecule has 1 aromatic rings. The third-order valence-electron chi connectivity index (χ3n) is 5.87. The molecule has 0 saturated carbocycles. The van der Waals surface area contributed by atoms with E-state index >= 15 is 0 Å². The third kappa shape index (κ3) is 2.42. The van der Waals surface area contributed by atoms with E-state index in [1.165, 1.54) is 24.1 Å². The average Bonchev–Trinajstić information content (AvgIpc) is 3.25. The molecule has 2 fully saturated rings. The van der Waals surface area contributed by atoms with Crippen molar-refractivity contribution >= 4 is 11.9 Å². The summed E-state index contributed by atoms with van der Waals surface area (Å²) in [7, 11) is 0. The van der Waals surface area contributed by atoms with E-state index in [0.717, 1.165) is 18.5 Å². The zero-order valence-electron chi connectivity index (χ0n) is 13.7. The van der Waals surface area contributed by atoms with Gasteiger partial charge in [0.05, 0.1) is 18.9 Å². The van der Waals surface area contributed by atoms with Crippen LogP contribution in [-0.4, -0.2) is 58.4 Å². The second kappa shape index (κ2) is 5.88. The number of aromatic amines is 1. The number of aromatic nitrogens is 2. The van der Waals surface area contributed by atoms with Crippen LogP contribution in [0.3, 0.4) is 0 Å². The molecule has 2 atom stereocenters. The zero-order valence-corrected chi connectivity index (χ0v) is 13.7. The smallest absolute Gasteiger partial charge is 0.314 e. The zero-order chi connectivity index (χ0) is 16.7. The number of nitrogens with zero attached hydrogens (tertiary/aromatic N) is 2. The lowest BCUT2D eigenvalue weighted by Gasteiger charge is -2.22. The molecule has 3 aliphatic rings. The van der Waals surface area contributed by atoms with Crippen LogP contribution < -0.4 is 0 Å². The summed E-state index contributed by atoms with van der Waals surface area (Å²) in [6.07, 6.45) is 5.49. The van der Waals surface area contributed by atoms with Crippen molar-refractivity contribution in [3.05, 3.63) is 17.0 Å². The minimum atomic E-state index is -0.902. The first-order valence-corrected chi connectivity index (χ1v) is 8.74. The average molecular weight is 333 g/mol. The van der Waals surface area contributed by atoms with Crippen LogP contribution in [0.1, 0.15) is 36.2 Å². The highest BCUT2D eigenvalue weighted by Gasteiger charge is 2.57. The molecule has 0 aromatic carbocycles. The summed E-state index contributed by atoms with van der Waals surface area (Å²) < 4.78 is 5.35. The summed E-state index contributed by atoms with van der Waals surface area (Å²) in [6.45, 7) is 1.40. The lowest BCUT2D eigenvalue weighted by Crippen LogP contribution is -2.40. The molecule has 4 rings (SSSR count). The van der Waals surface area contributed by atoms with E-state index in [9.17, 15) is 14.7 Å². The molecule has 1 aromatic heterocycles. The van der Waals surface area contributed by atoms with Crippen molar-refractivity contribution in [2.45, 2.75) is 38.5 Å². The minimum Gasteiger partial charge on any atom is -0.481 e. The molecule has 7 heteroatoms. The van der Waals surface area contributed by atoms with E-state index in [0.29, 0.717) is 26.0 Å². The molecule has 2 aliphatic heterocycles. The molecule has 2 N–H and O–H groups in total. The molecular weight excluding hydrogens is 310 g/mol. The largest absolute Gasteiger partial charge is 0.481 e. The quantitative estimate of drug-likeness (QED) is 0.849. The number of likely N-dealkylation sites (tertiary alicyclic amines) is 1. The molecule has 1 unspecified atom stereocenters. The first kappa shape index (κ1) is 15.6. The van der Waals surface area contributed by atoms with E-state index < -0.39 is 11.4 Å². The van der Waals surface area contributed by atoms with Crippen LogP contribution in [0.15, 0.2) is 0 Å². The first-order chi connectivity index (χ1) is 11.6. The van der Waals surface area contributed by atoms with Gasteiger partial charge in [-0.1, -0.05) is 0 Å². The van der Waals surface area contributed by atoms with Crippen molar-refractivity contribution in [1.82, 2.24) is 15.1 Å². The number of carboxylic acids is 1. The summed E-state index contributed by atoms with van der Waals surface area (Å²) in [5.41, 5.74) is 2.62. The van der Waals surface area contributed by atoms with Gasteiger partial charge in [0.15, 0.2) is 0 Å². The number of carbonyl (C=O) groups is 2. The molecule has 24 heavy (non-hydrogen) atoms. The fourth-order valence-electron chi connectivity index (χ4n) is 4.37. The number of carboxylic acid groups (broad SMARTS) is 1. The van der Waals surface area contributed by atoms with Crippen LogP contribution >= 0.6 is 0 Å². The number of fused-ring (bicyclic) bond motifs is 2. The predicted molar refractivity (Wildman–Crippen MR) is 84.5 cm³/mol. The Balaban J connectivity index is 1.39. The monoisotopic (exact) mass is 333 g/mol. The maximum absolute atomic E-state index is 12.6. The summed E-state index contributed by atoms with van der Waals surface area (Å²) in [5, 5.41) is 17.0. The number of rotatable bonds is 4. The Hall–Kier alpha value is -1.89. The number of amides is 1. The molecule has 7 nitrogen and oxygen atoms in total. The number of hydrogen-bond donors (Lipinski definition) is 2. The molecule has 1 aliphatic carbocycles. The van der Waals surface area contributed by atoms with Crippen molar-refractivity contribution < 1.29 is 19.4 Å². The Labute approximate surface area is 140 Å². The maximum Gasteiger partial charge on any atom is 0.314 e. The highest BCUT2D eigenvalue weighted by Crippen LogP contribution is 2.41. The summed E-state index contributed by atoms with van der Waals surface area (Å²) >= 11 is 0. The Morgan fingerprint density at radius 2 is 2.21 bits per heavy atom. The van der Waals surface area contributed by atoms with Crippen LogP contribution in [0.25, 0.3) is 0 Å². The number of H-pyrrole nitrogens is 1. The van der Waals surface area contributed by atoms with Crippen LogP contribution in [0.5, 0.6) is 0 Å². The van der Waals surface area contributed by atoms with Gasteiger partial charge in [-0.2, -0.15) is 5.10 Å². The number of ether oxygens (including phenoxy) is 1.